The molecule has 104 valence electrons. The minimum Gasteiger partial charge on any atom is -0.315 e. The van der Waals surface area contributed by atoms with E-state index < -0.39 is 0 Å². The molecule has 0 rings (SSSR count). The van der Waals surface area contributed by atoms with Crippen LogP contribution < -0.4 is 5.32 Å². The average molecular weight is 242 g/mol. The van der Waals surface area contributed by atoms with Gasteiger partial charge in [-0.2, -0.15) is 0 Å². The second-order valence-electron chi connectivity index (χ2n) is 6.36. The summed E-state index contributed by atoms with van der Waals surface area (Å²) in [6.07, 6.45) is 2.62. The molecule has 0 amide bonds. The SMILES string of the molecule is CC(C)CN(CCCCNC(C)C)CC(C)C. The van der Waals surface area contributed by atoms with Gasteiger partial charge in [0.15, 0.2) is 0 Å². The van der Waals surface area contributed by atoms with Gasteiger partial charge in [-0.05, 0) is 37.8 Å². The molecule has 0 bridgehead atoms. The van der Waals surface area contributed by atoms with Gasteiger partial charge in [0.25, 0.3) is 0 Å². The summed E-state index contributed by atoms with van der Waals surface area (Å²) in [5.41, 5.74) is 0. The smallest absolute Gasteiger partial charge is 0.00103 e. The Balaban J connectivity index is 3.68. The Morgan fingerprint density at radius 2 is 1.35 bits per heavy atom. The third kappa shape index (κ3) is 12.2. The summed E-state index contributed by atoms with van der Waals surface area (Å²) in [7, 11) is 0. The van der Waals surface area contributed by atoms with Gasteiger partial charge in [-0.25, -0.2) is 0 Å². The topological polar surface area (TPSA) is 15.3 Å². The van der Waals surface area contributed by atoms with E-state index in [1.807, 2.05) is 0 Å². The molecule has 2 heteroatoms. The molecule has 0 aliphatic heterocycles. The second kappa shape index (κ2) is 9.90. The molecule has 0 fully saturated rings. The van der Waals surface area contributed by atoms with E-state index in [1.54, 1.807) is 0 Å². The minimum absolute atomic E-state index is 0.623. The lowest BCUT2D eigenvalue weighted by atomic mass is 10.1. The maximum atomic E-state index is 3.48. The van der Waals surface area contributed by atoms with Gasteiger partial charge in [-0.1, -0.05) is 41.5 Å². The second-order valence-corrected chi connectivity index (χ2v) is 6.36. The van der Waals surface area contributed by atoms with E-state index in [2.05, 4.69) is 51.8 Å². The van der Waals surface area contributed by atoms with Gasteiger partial charge >= 0.3 is 0 Å². The maximum absolute atomic E-state index is 3.48. The fourth-order valence-corrected chi connectivity index (χ4v) is 2.14. The summed E-state index contributed by atoms with van der Waals surface area (Å²) in [4.78, 5) is 2.63. The highest BCUT2D eigenvalue weighted by Gasteiger charge is 2.08. The maximum Gasteiger partial charge on any atom is 0.00103 e. The molecule has 2 nitrogen and oxygen atoms in total. The van der Waals surface area contributed by atoms with Crippen LogP contribution in [0, 0.1) is 11.8 Å². The van der Waals surface area contributed by atoms with Crippen molar-refractivity contribution < 1.29 is 0 Å². The van der Waals surface area contributed by atoms with Crippen LogP contribution in [-0.4, -0.2) is 37.1 Å². The van der Waals surface area contributed by atoms with Gasteiger partial charge in [0, 0.05) is 19.1 Å². The molecule has 0 saturated carbocycles. The van der Waals surface area contributed by atoms with Crippen molar-refractivity contribution in [2.45, 2.75) is 60.4 Å². The Bertz CT molecular complexity index is 154. The Morgan fingerprint density at radius 1 is 0.824 bits per heavy atom. The highest BCUT2D eigenvalue weighted by Crippen LogP contribution is 2.05. The molecule has 0 heterocycles. The predicted molar refractivity (Wildman–Crippen MR) is 78.5 cm³/mol. The summed E-state index contributed by atoms with van der Waals surface area (Å²) in [5.74, 6) is 1.56. The first-order chi connectivity index (χ1) is 7.91. The van der Waals surface area contributed by atoms with Crippen molar-refractivity contribution in [1.82, 2.24) is 10.2 Å². The minimum atomic E-state index is 0.623. The number of nitrogens with one attached hydrogen (secondary N) is 1. The summed E-state index contributed by atoms with van der Waals surface area (Å²) in [6, 6.07) is 0.623. The number of hydrogen-bond acceptors (Lipinski definition) is 2. The van der Waals surface area contributed by atoms with Crippen LogP contribution >= 0.6 is 0 Å². The van der Waals surface area contributed by atoms with Crippen LogP contribution in [0.2, 0.25) is 0 Å². The Morgan fingerprint density at radius 3 is 1.76 bits per heavy atom. The number of nitrogens with zero attached hydrogens (tertiary/aromatic N) is 1. The summed E-state index contributed by atoms with van der Waals surface area (Å²) in [5, 5.41) is 3.48. The monoisotopic (exact) mass is 242 g/mol. The summed E-state index contributed by atoms with van der Waals surface area (Å²) < 4.78 is 0. The largest absolute Gasteiger partial charge is 0.315 e. The molecule has 0 aliphatic carbocycles. The van der Waals surface area contributed by atoms with E-state index in [-0.39, 0.29) is 0 Å². The quantitative estimate of drug-likeness (QED) is 0.591. The van der Waals surface area contributed by atoms with Crippen LogP contribution in [0.25, 0.3) is 0 Å². The lowest BCUT2D eigenvalue weighted by Gasteiger charge is -2.26. The molecule has 0 atom stereocenters. The summed E-state index contributed by atoms with van der Waals surface area (Å²) in [6.45, 7) is 18.6. The Kier molecular flexibility index (Phi) is 9.85. The fourth-order valence-electron chi connectivity index (χ4n) is 2.14. The van der Waals surface area contributed by atoms with Crippen LogP contribution in [0.4, 0.5) is 0 Å². The van der Waals surface area contributed by atoms with E-state index in [1.165, 1.54) is 32.5 Å². The van der Waals surface area contributed by atoms with Gasteiger partial charge in [-0.3, -0.25) is 0 Å². The zero-order valence-electron chi connectivity index (χ0n) is 12.9. The normalized spacial score (nSPS) is 12.4. The van der Waals surface area contributed by atoms with Crippen molar-refractivity contribution in [3.05, 3.63) is 0 Å². The van der Waals surface area contributed by atoms with Crippen molar-refractivity contribution >= 4 is 0 Å². The standard InChI is InChI=1S/C15H34N2/c1-13(2)11-17(12-14(3)4)10-8-7-9-16-15(5)6/h13-16H,7-12H2,1-6H3. The van der Waals surface area contributed by atoms with E-state index in [4.69, 9.17) is 0 Å². The van der Waals surface area contributed by atoms with Gasteiger partial charge in [0.05, 0.1) is 0 Å². The van der Waals surface area contributed by atoms with E-state index in [0.29, 0.717) is 6.04 Å². The first-order valence-electron chi connectivity index (χ1n) is 7.37. The molecular weight excluding hydrogens is 208 g/mol. The highest BCUT2D eigenvalue weighted by atomic mass is 15.1. The van der Waals surface area contributed by atoms with Crippen molar-refractivity contribution in [3.8, 4) is 0 Å². The van der Waals surface area contributed by atoms with Gasteiger partial charge in [0.2, 0.25) is 0 Å². The molecule has 0 unspecified atom stereocenters. The van der Waals surface area contributed by atoms with Gasteiger partial charge < -0.3 is 10.2 Å². The van der Waals surface area contributed by atoms with E-state index >= 15 is 0 Å². The van der Waals surface area contributed by atoms with Crippen LogP contribution in [0.1, 0.15) is 54.4 Å². The van der Waals surface area contributed by atoms with Crippen molar-refractivity contribution in [2.24, 2.45) is 11.8 Å². The molecule has 0 aromatic heterocycles. The number of rotatable bonds is 10. The highest BCUT2D eigenvalue weighted by molar-refractivity contribution is 4.63. The number of hydrogen-bond donors (Lipinski definition) is 1. The van der Waals surface area contributed by atoms with Crippen molar-refractivity contribution in [1.29, 1.82) is 0 Å². The molecular formula is C15H34N2. The van der Waals surface area contributed by atoms with Crippen LogP contribution in [0.3, 0.4) is 0 Å². The van der Waals surface area contributed by atoms with Crippen molar-refractivity contribution in [3.63, 3.8) is 0 Å². The molecule has 0 spiro atoms. The number of unbranched alkanes of at least 4 members (excludes halogenated alkanes) is 1. The zero-order chi connectivity index (χ0) is 13.3. The third-order valence-corrected chi connectivity index (χ3v) is 2.70. The van der Waals surface area contributed by atoms with E-state index in [0.717, 1.165) is 18.4 Å². The van der Waals surface area contributed by atoms with Crippen LogP contribution in [0.5, 0.6) is 0 Å². The predicted octanol–water partition coefficient (Wildman–Crippen LogP) is 3.38. The van der Waals surface area contributed by atoms with Gasteiger partial charge in [-0.15, -0.1) is 0 Å². The molecule has 0 aliphatic rings. The summed E-state index contributed by atoms with van der Waals surface area (Å²) >= 11 is 0. The Labute approximate surface area is 109 Å². The third-order valence-electron chi connectivity index (χ3n) is 2.70. The molecule has 0 aromatic carbocycles. The van der Waals surface area contributed by atoms with Crippen molar-refractivity contribution in [2.75, 3.05) is 26.2 Å². The lowest BCUT2D eigenvalue weighted by molar-refractivity contribution is 0.215. The molecule has 0 aromatic rings. The fraction of sp³-hybridized carbons (Fsp3) is 1.00. The van der Waals surface area contributed by atoms with E-state index in [9.17, 15) is 0 Å². The first kappa shape index (κ1) is 16.9. The Hall–Kier alpha value is -0.0800. The molecule has 0 saturated heterocycles. The van der Waals surface area contributed by atoms with Crippen LogP contribution in [0.15, 0.2) is 0 Å². The average Bonchev–Trinajstić information content (AvgIpc) is 2.14. The molecule has 0 radical (unpaired) electrons. The zero-order valence-corrected chi connectivity index (χ0v) is 12.9. The first-order valence-corrected chi connectivity index (χ1v) is 7.37. The van der Waals surface area contributed by atoms with Crippen LogP contribution in [-0.2, 0) is 0 Å². The lowest BCUT2D eigenvalue weighted by Crippen LogP contribution is -2.33. The molecule has 17 heavy (non-hydrogen) atoms. The molecule has 1 N–H and O–H groups in total. The van der Waals surface area contributed by atoms with Gasteiger partial charge in [0.1, 0.15) is 0 Å².